The summed E-state index contributed by atoms with van der Waals surface area (Å²) in [7, 11) is -3.25. The predicted molar refractivity (Wildman–Crippen MR) is 66.5 cm³/mol. The fraction of sp³-hybridized carbons (Fsp3) is 0.417. The van der Waals surface area contributed by atoms with Gasteiger partial charge in [0.2, 0.25) is 0 Å². The predicted octanol–water partition coefficient (Wildman–Crippen LogP) is 1.72. The first-order valence-corrected chi connectivity index (χ1v) is 7.43. The number of rotatable bonds is 6. The standard InChI is InChI=1S/C12H16O5S/c1-3-4-11(12(13)14)17-9-5-7-10(8-6-9)18(2,15)16/h5-8,11H,3-4H2,1-2H3,(H,13,14). The molecule has 0 fully saturated rings. The summed E-state index contributed by atoms with van der Waals surface area (Å²) in [5.74, 6) is -0.674. The van der Waals surface area contributed by atoms with Gasteiger partial charge in [-0.15, -0.1) is 0 Å². The van der Waals surface area contributed by atoms with Crippen molar-refractivity contribution in [2.24, 2.45) is 0 Å². The minimum atomic E-state index is -3.25. The van der Waals surface area contributed by atoms with Crippen LogP contribution >= 0.6 is 0 Å². The Bertz CT molecular complexity index is 504. The van der Waals surface area contributed by atoms with Crippen molar-refractivity contribution in [1.29, 1.82) is 0 Å². The normalized spacial score (nSPS) is 13.0. The van der Waals surface area contributed by atoms with Crippen LogP contribution in [0.25, 0.3) is 0 Å². The molecule has 1 atom stereocenters. The van der Waals surface area contributed by atoms with E-state index in [1.165, 1.54) is 24.3 Å². The third-order valence-corrected chi connectivity index (χ3v) is 3.48. The Kier molecular flexibility index (Phi) is 4.72. The van der Waals surface area contributed by atoms with Gasteiger partial charge in [-0.1, -0.05) is 13.3 Å². The number of hydrogen-bond donors (Lipinski definition) is 1. The summed E-state index contributed by atoms with van der Waals surface area (Å²) in [5.41, 5.74) is 0. The Morgan fingerprint density at radius 2 is 1.89 bits per heavy atom. The van der Waals surface area contributed by atoms with Crippen molar-refractivity contribution in [2.75, 3.05) is 6.26 Å². The SMILES string of the molecule is CCCC(Oc1ccc(S(C)(=O)=O)cc1)C(=O)O. The van der Waals surface area contributed by atoms with Crippen LogP contribution in [0.5, 0.6) is 5.75 Å². The highest BCUT2D eigenvalue weighted by molar-refractivity contribution is 7.90. The number of hydrogen-bond acceptors (Lipinski definition) is 4. The van der Waals surface area contributed by atoms with E-state index in [1.807, 2.05) is 6.92 Å². The summed E-state index contributed by atoms with van der Waals surface area (Å²) in [4.78, 5) is 11.1. The minimum Gasteiger partial charge on any atom is -0.479 e. The van der Waals surface area contributed by atoms with Crippen LogP contribution in [0.15, 0.2) is 29.2 Å². The van der Waals surface area contributed by atoms with E-state index in [0.29, 0.717) is 18.6 Å². The number of aliphatic carboxylic acids is 1. The molecular weight excluding hydrogens is 256 g/mol. The molecule has 0 saturated heterocycles. The Morgan fingerprint density at radius 1 is 1.33 bits per heavy atom. The molecule has 5 nitrogen and oxygen atoms in total. The molecule has 1 aromatic rings. The Hall–Kier alpha value is -1.56. The highest BCUT2D eigenvalue weighted by atomic mass is 32.2. The van der Waals surface area contributed by atoms with Crippen LogP contribution in [0, 0.1) is 0 Å². The maximum absolute atomic E-state index is 11.2. The van der Waals surface area contributed by atoms with Crippen LogP contribution in [0.1, 0.15) is 19.8 Å². The molecule has 1 N–H and O–H groups in total. The van der Waals surface area contributed by atoms with E-state index >= 15 is 0 Å². The second-order valence-corrected chi connectivity index (χ2v) is 5.99. The highest BCUT2D eigenvalue weighted by Crippen LogP contribution is 2.18. The number of carbonyl (C=O) groups is 1. The zero-order valence-corrected chi connectivity index (χ0v) is 11.1. The van der Waals surface area contributed by atoms with Gasteiger partial charge in [0.05, 0.1) is 4.90 Å². The van der Waals surface area contributed by atoms with Crippen molar-refractivity contribution >= 4 is 15.8 Å². The summed E-state index contributed by atoms with van der Waals surface area (Å²) in [5, 5.41) is 8.93. The Labute approximate surface area is 106 Å². The van der Waals surface area contributed by atoms with Gasteiger partial charge in [-0.3, -0.25) is 0 Å². The smallest absolute Gasteiger partial charge is 0.344 e. The largest absolute Gasteiger partial charge is 0.479 e. The van der Waals surface area contributed by atoms with E-state index in [9.17, 15) is 13.2 Å². The molecule has 0 aliphatic heterocycles. The molecule has 0 saturated carbocycles. The fourth-order valence-corrected chi connectivity index (χ4v) is 2.06. The molecule has 0 radical (unpaired) electrons. The second kappa shape index (κ2) is 5.86. The molecule has 0 bridgehead atoms. The van der Waals surface area contributed by atoms with Crippen molar-refractivity contribution in [2.45, 2.75) is 30.8 Å². The molecule has 0 amide bonds. The summed E-state index contributed by atoms with van der Waals surface area (Å²) < 4.78 is 27.8. The van der Waals surface area contributed by atoms with E-state index in [-0.39, 0.29) is 4.90 Å². The van der Waals surface area contributed by atoms with Gasteiger partial charge in [0, 0.05) is 6.26 Å². The number of carboxylic acids is 1. The zero-order valence-electron chi connectivity index (χ0n) is 10.3. The van der Waals surface area contributed by atoms with Gasteiger partial charge in [0.1, 0.15) is 5.75 Å². The highest BCUT2D eigenvalue weighted by Gasteiger charge is 2.18. The lowest BCUT2D eigenvalue weighted by Crippen LogP contribution is -2.26. The fourth-order valence-electron chi connectivity index (χ4n) is 1.42. The molecule has 1 aromatic carbocycles. The topological polar surface area (TPSA) is 80.7 Å². The third kappa shape index (κ3) is 4.03. The number of ether oxygens (including phenoxy) is 1. The van der Waals surface area contributed by atoms with Crippen LogP contribution in [0.3, 0.4) is 0 Å². The molecule has 1 rings (SSSR count). The molecule has 6 heteroatoms. The average Bonchev–Trinajstić information content (AvgIpc) is 2.28. The summed E-state index contributed by atoms with van der Waals surface area (Å²) in [6, 6.07) is 5.72. The molecule has 0 aliphatic rings. The second-order valence-electron chi connectivity index (χ2n) is 3.98. The van der Waals surface area contributed by atoms with E-state index in [2.05, 4.69) is 0 Å². The molecule has 0 aliphatic carbocycles. The molecule has 0 aromatic heterocycles. The van der Waals surface area contributed by atoms with Crippen LogP contribution in [-0.2, 0) is 14.6 Å². The maximum Gasteiger partial charge on any atom is 0.344 e. The van der Waals surface area contributed by atoms with E-state index in [4.69, 9.17) is 9.84 Å². The first-order valence-electron chi connectivity index (χ1n) is 5.54. The lowest BCUT2D eigenvalue weighted by atomic mass is 10.2. The quantitative estimate of drug-likeness (QED) is 0.852. The van der Waals surface area contributed by atoms with Gasteiger partial charge < -0.3 is 9.84 Å². The van der Waals surface area contributed by atoms with E-state index in [0.717, 1.165) is 6.26 Å². The van der Waals surface area contributed by atoms with Gasteiger partial charge in [-0.05, 0) is 30.7 Å². The zero-order chi connectivity index (χ0) is 13.8. The third-order valence-electron chi connectivity index (χ3n) is 2.36. The van der Waals surface area contributed by atoms with Crippen molar-refractivity contribution in [3.8, 4) is 5.75 Å². The summed E-state index contributed by atoms with van der Waals surface area (Å²) >= 11 is 0. The lowest BCUT2D eigenvalue weighted by molar-refractivity contribution is -0.145. The molecule has 1 unspecified atom stereocenters. The molecule has 0 spiro atoms. The summed E-state index contributed by atoms with van der Waals surface area (Å²) in [6.07, 6.45) is 1.31. The summed E-state index contributed by atoms with van der Waals surface area (Å²) in [6.45, 7) is 1.87. The maximum atomic E-state index is 11.2. The molecule has 0 heterocycles. The average molecular weight is 272 g/mol. The van der Waals surface area contributed by atoms with Gasteiger partial charge in [-0.2, -0.15) is 0 Å². The van der Waals surface area contributed by atoms with Crippen molar-refractivity contribution in [3.05, 3.63) is 24.3 Å². The van der Waals surface area contributed by atoms with Crippen molar-refractivity contribution in [1.82, 2.24) is 0 Å². The van der Waals surface area contributed by atoms with Crippen molar-refractivity contribution < 1.29 is 23.1 Å². The van der Waals surface area contributed by atoms with E-state index < -0.39 is 21.9 Å². The molecular formula is C12H16O5S. The van der Waals surface area contributed by atoms with Gasteiger partial charge >= 0.3 is 5.97 Å². The minimum absolute atomic E-state index is 0.178. The molecule has 18 heavy (non-hydrogen) atoms. The lowest BCUT2D eigenvalue weighted by Gasteiger charge is -2.14. The van der Waals surface area contributed by atoms with Crippen LogP contribution in [0.4, 0.5) is 0 Å². The van der Waals surface area contributed by atoms with Crippen LogP contribution in [0.2, 0.25) is 0 Å². The monoisotopic (exact) mass is 272 g/mol. The number of sulfone groups is 1. The van der Waals surface area contributed by atoms with Crippen molar-refractivity contribution in [3.63, 3.8) is 0 Å². The Balaban J connectivity index is 2.83. The first kappa shape index (κ1) is 14.5. The van der Waals surface area contributed by atoms with Gasteiger partial charge in [0.25, 0.3) is 0 Å². The van der Waals surface area contributed by atoms with Gasteiger partial charge in [-0.25, -0.2) is 13.2 Å². The van der Waals surface area contributed by atoms with Crippen LogP contribution in [-0.4, -0.2) is 31.9 Å². The molecule has 100 valence electrons. The number of benzene rings is 1. The number of carboxylic acid groups (broad SMARTS) is 1. The Morgan fingerprint density at radius 3 is 2.28 bits per heavy atom. The van der Waals surface area contributed by atoms with Gasteiger partial charge in [0.15, 0.2) is 15.9 Å². The van der Waals surface area contributed by atoms with Crippen LogP contribution < -0.4 is 4.74 Å². The van der Waals surface area contributed by atoms with E-state index in [1.54, 1.807) is 0 Å². The first-order chi connectivity index (χ1) is 8.34.